The van der Waals surface area contributed by atoms with Crippen LogP contribution in [-0.2, 0) is 19.4 Å². The smallest absolute Gasteiger partial charge is 0.157 e. The molecule has 1 aliphatic heterocycles. The molecular weight excluding hydrogens is 228 g/mol. The number of hydrogen-bond donors (Lipinski definition) is 0. The predicted molar refractivity (Wildman–Crippen MR) is 62.0 cm³/mol. The number of hydrogen-bond acceptors (Lipinski definition) is 4. The molecule has 2 atom stereocenters. The lowest BCUT2D eigenvalue weighted by molar-refractivity contribution is -0.120. The van der Waals surface area contributed by atoms with Crippen LogP contribution in [0.25, 0.3) is 0 Å². The average molecular weight is 248 g/mol. The minimum absolute atomic E-state index is 0.114. The van der Waals surface area contributed by atoms with Crippen molar-refractivity contribution < 1.29 is 17.9 Å². The number of carbonyl (C=O) groups is 1. The Balaban J connectivity index is 2.48. The Bertz CT molecular complexity index is 328. The minimum atomic E-state index is -3.23. The Labute approximate surface area is 97.3 Å². The van der Waals surface area contributed by atoms with E-state index >= 15 is 0 Å². The summed E-state index contributed by atoms with van der Waals surface area (Å²) in [5.41, 5.74) is 0. The summed E-state index contributed by atoms with van der Waals surface area (Å²) in [4.78, 5) is 11.7. The quantitative estimate of drug-likeness (QED) is 0.705. The van der Waals surface area contributed by atoms with Crippen LogP contribution in [0.3, 0.4) is 0 Å². The lowest BCUT2D eigenvalue weighted by Crippen LogP contribution is -2.27. The van der Waals surface area contributed by atoms with Crippen molar-refractivity contribution in [1.82, 2.24) is 0 Å². The zero-order valence-corrected chi connectivity index (χ0v) is 10.8. The predicted octanol–water partition coefficient (Wildman–Crippen LogP) is 1.05. The van der Waals surface area contributed by atoms with Crippen LogP contribution in [-0.4, -0.2) is 38.9 Å². The molecule has 0 aliphatic carbocycles. The Morgan fingerprint density at radius 3 is 2.69 bits per heavy atom. The lowest BCUT2D eigenvalue weighted by Gasteiger charge is -2.10. The zero-order chi connectivity index (χ0) is 12.2. The van der Waals surface area contributed by atoms with Crippen molar-refractivity contribution in [2.75, 3.05) is 24.7 Å². The number of rotatable bonds is 6. The first-order valence-corrected chi connectivity index (χ1v) is 7.57. The summed E-state index contributed by atoms with van der Waals surface area (Å²) in [6.07, 6.45) is 1.48. The molecule has 0 aromatic carbocycles. The van der Waals surface area contributed by atoms with Crippen LogP contribution in [0.4, 0.5) is 0 Å². The Morgan fingerprint density at radius 2 is 2.19 bits per heavy atom. The number of ether oxygens (including phenoxy) is 1. The van der Waals surface area contributed by atoms with E-state index in [0.717, 1.165) is 6.42 Å². The van der Waals surface area contributed by atoms with E-state index in [2.05, 4.69) is 0 Å². The summed E-state index contributed by atoms with van der Waals surface area (Å²) >= 11 is 0. The van der Waals surface area contributed by atoms with Gasteiger partial charge in [-0.05, 0) is 12.3 Å². The Morgan fingerprint density at radius 1 is 1.50 bits per heavy atom. The molecule has 0 amide bonds. The highest BCUT2D eigenvalue weighted by molar-refractivity contribution is 7.92. The molecule has 0 saturated carbocycles. The van der Waals surface area contributed by atoms with Gasteiger partial charge < -0.3 is 4.74 Å². The third-order valence-corrected chi connectivity index (χ3v) is 4.78. The molecule has 5 heteroatoms. The second-order valence-electron chi connectivity index (χ2n) is 4.59. The third-order valence-electron chi connectivity index (χ3n) is 2.98. The fourth-order valence-corrected chi connectivity index (χ4v) is 3.62. The molecule has 0 aromatic rings. The average Bonchev–Trinajstić information content (AvgIpc) is 2.68. The zero-order valence-electron chi connectivity index (χ0n) is 9.94. The Hall–Kier alpha value is -0.420. The van der Waals surface area contributed by atoms with Gasteiger partial charge in [0, 0.05) is 12.5 Å². The summed E-state index contributed by atoms with van der Waals surface area (Å²) in [6.45, 7) is 4.80. The fraction of sp³-hybridized carbons (Fsp3) is 0.909. The normalized spacial score (nSPS) is 23.2. The number of ketones is 1. The maximum atomic E-state index is 11.7. The molecule has 4 nitrogen and oxygen atoms in total. The summed E-state index contributed by atoms with van der Waals surface area (Å²) < 4.78 is 28.5. The van der Waals surface area contributed by atoms with E-state index in [9.17, 15) is 13.2 Å². The molecule has 1 aliphatic rings. The van der Waals surface area contributed by atoms with Crippen molar-refractivity contribution >= 4 is 15.6 Å². The van der Waals surface area contributed by atoms with Crippen LogP contribution < -0.4 is 0 Å². The van der Waals surface area contributed by atoms with Gasteiger partial charge in [-0.25, -0.2) is 8.42 Å². The molecular formula is C11H20O4S. The first-order chi connectivity index (χ1) is 7.44. The molecule has 16 heavy (non-hydrogen) atoms. The van der Waals surface area contributed by atoms with E-state index in [1.165, 1.54) is 0 Å². The van der Waals surface area contributed by atoms with Gasteiger partial charge in [-0.2, -0.15) is 0 Å². The van der Waals surface area contributed by atoms with E-state index < -0.39 is 9.84 Å². The maximum absolute atomic E-state index is 11.7. The van der Waals surface area contributed by atoms with Crippen LogP contribution in [0.2, 0.25) is 0 Å². The van der Waals surface area contributed by atoms with Gasteiger partial charge in [0.2, 0.25) is 0 Å². The number of Topliss-reactive ketones (excluding diaryl/α,β-unsaturated/α-hetero) is 1. The molecule has 1 rings (SSSR count). The van der Waals surface area contributed by atoms with Crippen molar-refractivity contribution in [2.45, 2.75) is 26.7 Å². The molecule has 0 aromatic heterocycles. The highest BCUT2D eigenvalue weighted by Gasteiger charge is 2.28. The van der Waals surface area contributed by atoms with Crippen LogP contribution >= 0.6 is 0 Å². The number of sulfone groups is 1. The van der Waals surface area contributed by atoms with Gasteiger partial charge in [-0.15, -0.1) is 0 Å². The molecule has 2 unspecified atom stereocenters. The van der Waals surface area contributed by atoms with Crippen molar-refractivity contribution in [3.8, 4) is 0 Å². The van der Waals surface area contributed by atoms with Gasteiger partial charge >= 0.3 is 0 Å². The third kappa shape index (κ3) is 4.22. The molecule has 94 valence electrons. The summed E-state index contributed by atoms with van der Waals surface area (Å²) in [6, 6.07) is 0. The summed E-state index contributed by atoms with van der Waals surface area (Å²) in [5.74, 6) is -0.459. The van der Waals surface area contributed by atoms with E-state index in [0.29, 0.717) is 19.6 Å². The Kier molecular flexibility index (Phi) is 4.92. The van der Waals surface area contributed by atoms with E-state index in [-0.39, 0.29) is 29.1 Å². The maximum Gasteiger partial charge on any atom is 0.157 e. The molecule has 0 N–H and O–H groups in total. The van der Waals surface area contributed by atoms with Crippen molar-refractivity contribution in [2.24, 2.45) is 11.8 Å². The second-order valence-corrected chi connectivity index (χ2v) is 6.70. The summed E-state index contributed by atoms with van der Waals surface area (Å²) in [5, 5.41) is 0. The van der Waals surface area contributed by atoms with Crippen LogP contribution in [0.5, 0.6) is 0 Å². The van der Waals surface area contributed by atoms with Gasteiger partial charge in [0.1, 0.15) is 5.75 Å². The highest BCUT2D eigenvalue weighted by Crippen LogP contribution is 2.15. The van der Waals surface area contributed by atoms with Gasteiger partial charge in [0.15, 0.2) is 15.6 Å². The van der Waals surface area contributed by atoms with Crippen LogP contribution in [0.1, 0.15) is 26.7 Å². The minimum Gasteiger partial charge on any atom is -0.381 e. The van der Waals surface area contributed by atoms with Crippen molar-refractivity contribution in [3.05, 3.63) is 0 Å². The topological polar surface area (TPSA) is 60.4 Å². The van der Waals surface area contributed by atoms with E-state index in [4.69, 9.17) is 4.74 Å². The summed E-state index contributed by atoms with van der Waals surface area (Å²) in [7, 11) is -3.23. The van der Waals surface area contributed by atoms with Gasteiger partial charge in [-0.1, -0.05) is 20.3 Å². The van der Waals surface area contributed by atoms with Gasteiger partial charge in [0.05, 0.1) is 12.4 Å². The highest BCUT2D eigenvalue weighted by atomic mass is 32.2. The standard InChI is InChI=1S/C11H20O4S/c1-3-9(2)7-16(13,14)8-11(12)10-4-5-15-6-10/h9-10H,3-8H2,1-2H3. The number of carbonyl (C=O) groups excluding carboxylic acids is 1. The van der Waals surface area contributed by atoms with E-state index in [1.54, 1.807) is 0 Å². The molecule has 0 spiro atoms. The molecule has 1 saturated heterocycles. The van der Waals surface area contributed by atoms with Crippen LogP contribution in [0.15, 0.2) is 0 Å². The SMILES string of the molecule is CCC(C)CS(=O)(=O)CC(=O)C1CCOC1. The first-order valence-electron chi connectivity index (χ1n) is 5.75. The van der Waals surface area contributed by atoms with Gasteiger partial charge in [-0.3, -0.25) is 4.79 Å². The lowest BCUT2D eigenvalue weighted by atomic mass is 10.1. The van der Waals surface area contributed by atoms with Crippen LogP contribution in [0, 0.1) is 11.8 Å². The molecule has 0 radical (unpaired) electrons. The van der Waals surface area contributed by atoms with E-state index in [1.807, 2.05) is 13.8 Å². The van der Waals surface area contributed by atoms with Gasteiger partial charge in [0.25, 0.3) is 0 Å². The molecule has 1 fully saturated rings. The largest absolute Gasteiger partial charge is 0.381 e. The monoisotopic (exact) mass is 248 g/mol. The van der Waals surface area contributed by atoms with Crippen molar-refractivity contribution in [1.29, 1.82) is 0 Å². The molecule has 1 heterocycles. The fourth-order valence-electron chi connectivity index (χ4n) is 1.73. The molecule has 0 bridgehead atoms. The second kappa shape index (κ2) is 5.77. The first kappa shape index (κ1) is 13.6. The van der Waals surface area contributed by atoms with Crippen molar-refractivity contribution in [3.63, 3.8) is 0 Å².